The summed E-state index contributed by atoms with van der Waals surface area (Å²) in [5, 5.41) is 6.37. The molecule has 1 aromatic rings. The van der Waals surface area contributed by atoms with Gasteiger partial charge in [-0.05, 0) is 57.4 Å². The zero-order valence-electron chi connectivity index (χ0n) is 12.4. The molecule has 4 nitrogen and oxygen atoms in total. The van der Waals surface area contributed by atoms with Crippen LogP contribution in [-0.2, 0) is 4.79 Å². The van der Waals surface area contributed by atoms with Crippen molar-refractivity contribution in [2.24, 2.45) is 0 Å². The molecule has 1 saturated heterocycles. The van der Waals surface area contributed by atoms with Crippen molar-refractivity contribution in [1.29, 1.82) is 0 Å². The van der Waals surface area contributed by atoms with E-state index in [-0.39, 0.29) is 5.91 Å². The Kier molecular flexibility index (Phi) is 5.41. The summed E-state index contributed by atoms with van der Waals surface area (Å²) in [4.78, 5) is 12.0. The highest BCUT2D eigenvalue weighted by atomic mass is 16.5. The van der Waals surface area contributed by atoms with Crippen LogP contribution < -0.4 is 15.4 Å². The predicted octanol–water partition coefficient (Wildman–Crippen LogP) is 2.86. The van der Waals surface area contributed by atoms with Gasteiger partial charge in [0, 0.05) is 12.5 Å². The van der Waals surface area contributed by atoms with Gasteiger partial charge in [-0.1, -0.05) is 6.07 Å². The molecule has 1 heterocycles. The monoisotopic (exact) mass is 276 g/mol. The molecule has 2 rings (SSSR count). The molecule has 0 saturated carbocycles. The van der Waals surface area contributed by atoms with Crippen LogP contribution in [-0.4, -0.2) is 25.1 Å². The highest BCUT2D eigenvalue weighted by Gasteiger charge is 2.16. The molecule has 0 aliphatic carbocycles. The molecule has 0 radical (unpaired) electrons. The molecule has 2 N–H and O–H groups in total. The van der Waals surface area contributed by atoms with Gasteiger partial charge in [-0.3, -0.25) is 4.79 Å². The van der Waals surface area contributed by atoms with Crippen LogP contribution in [0.2, 0.25) is 0 Å². The maximum atomic E-state index is 12.0. The largest absolute Gasteiger partial charge is 0.492 e. The van der Waals surface area contributed by atoms with Crippen molar-refractivity contribution in [3.8, 4) is 5.75 Å². The van der Waals surface area contributed by atoms with Crippen LogP contribution in [0.4, 0.5) is 5.69 Å². The van der Waals surface area contributed by atoms with Gasteiger partial charge in [0.1, 0.15) is 5.75 Å². The second-order valence-corrected chi connectivity index (χ2v) is 5.31. The number of benzene rings is 1. The molecule has 110 valence electrons. The van der Waals surface area contributed by atoms with Crippen molar-refractivity contribution in [3.05, 3.63) is 23.8 Å². The zero-order chi connectivity index (χ0) is 14.4. The number of nitrogens with one attached hydrogen (secondary N) is 2. The molecular formula is C16H24N2O2. The van der Waals surface area contributed by atoms with Crippen LogP contribution >= 0.6 is 0 Å². The van der Waals surface area contributed by atoms with Gasteiger partial charge in [-0.15, -0.1) is 0 Å². The first kappa shape index (κ1) is 14.9. The van der Waals surface area contributed by atoms with Crippen LogP contribution in [0.3, 0.4) is 0 Å². The summed E-state index contributed by atoms with van der Waals surface area (Å²) in [6, 6.07) is 6.35. The first-order valence-corrected chi connectivity index (χ1v) is 7.45. The summed E-state index contributed by atoms with van der Waals surface area (Å²) in [5.41, 5.74) is 1.89. The minimum absolute atomic E-state index is 0.0588. The van der Waals surface area contributed by atoms with Crippen molar-refractivity contribution < 1.29 is 9.53 Å². The first-order valence-electron chi connectivity index (χ1n) is 7.45. The lowest BCUT2D eigenvalue weighted by Gasteiger charge is -2.13. The third-order valence-corrected chi connectivity index (χ3v) is 3.59. The molecule has 1 aliphatic heterocycles. The molecule has 4 heteroatoms. The molecule has 1 unspecified atom stereocenters. The second-order valence-electron chi connectivity index (χ2n) is 5.31. The summed E-state index contributed by atoms with van der Waals surface area (Å²) in [6.07, 6.45) is 3.86. The number of aryl methyl sites for hydroxylation is 1. The van der Waals surface area contributed by atoms with Crippen molar-refractivity contribution in [2.45, 2.75) is 45.6 Å². The SMILES string of the molecule is CCOc1cc(C)ccc1NC(=O)CCC1CCCN1. The van der Waals surface area contributed by atoms with Crippen LogP contribution in [0.5, 0.6) is 5.75 Å². The van der Waals surface area contributed by atoms with Crippen LogP contribution in [0.1, 0.15) is 38.2 Å². The van der Waals surface area contributed by atoms with Gasteiger partial charge in [0.05, 0.1) is 12.3 Å². The van der Waals surface area contributed by atoms with E-state index in [0.29, 0.717) is 19.1 Å². The summed E-state index contributed by atoms with van der Waals surface area (Å²) in [5.74, 6) is 0.809. The van der Waals surface area contributed by atoms with E-state index >= 15 is 0 Å². The summed E-state index contributed by atoms with van der Waals surface area (Å²) >= 11 is 0. The number of rotatable bonds is 6. The third kappa shape index (κ3) is 4.23. The number of amides is 1. The molecule has 0 bridgehead atoms. The van der Waals surface area contributed by atoms with E-state index in [0.717, 1.165) is 30.0 Å². The number of hydrogen-bond acceptors (Lipinski definition) is 3. The standard InChI is InChI=1S/C16H24N2O2/c1-3-20-15-11-12(2)6-8-14(15)18-16(19)9-7-13-5-4-10-17-13/h6,8,11,13,17H,3-5,7,9-10H2,1-2H3,(H,18,19). The van der Waals surface area contributed by atoms with E-state index in [1.807, 2.05) is 32.0 Å². The van der Waals surface area contributed by atoms with Gasteiger partial charge >= 0.3 is 0 Å². The average Bonchev–Trinajstić information content (AvgIpc) is 2.93. The number of anilines is 1. The fourth-order valence-corrected chi connectivity index (χ4v) is 2.53. The highest BCUT2D eigenvalue weighted by molar-refractivity contribution is 5.92. The van der Waals surface area contributed by atoms with Gasteiger partial charge in [0.2, 0.25) is 5.91 Å². The van der Waals surface area contributed by atoms with E-state index in [1.54, 1.807) is 0 Å². The number of hydrogen-bond donors (Lipinski definition) is 2. The van der Waals surface area contributed by atoms with Crippen molar-refractivity contribution in [1.82, 2.24) is 5.32 Å². The number of ether oxygens (including phenoxy) is 1. The lowest BCUT2D eigenvalue weighted by molar-refractivity contribution is -0.116. The molecule has 0 aromatic heterocycles. The van der Waals surface area contributed by atoms with E-state index in [4.69, 9.17) is 4.74 Å². The topological polar surface area (TPSA) is 50.4 Å². The molecule has 0 spiro atoms. The van der Waals surface area contributed by atoms with E-state index in [2.05, 4.69) is 10.6 Å². The van der Waals surface area contributed by atoms with Gasteiger partial charge in [-0.2, -0.15) is 0 Å². The number of carbonyl (C=O) groups excluding carboxylic acids is 1. The highest BCUT2D eigenvalue weighted by Crippen LogP contribution is 2.26. The molecule has 1 amide bonds. The summed E-state index contributed by atoms with van der Waals surface area (Å²) in [7, 11) is 0. The minimum Gasteiger partial charge on any atom is -0.492 e. The second kappa shape index (κ2) is 7.29. The molecular weight excluding hydrogens is 252 g/mol. The fourth-order valence-electron chi connectivity index (χ4n) is 2.53. The Bertz CT molecular complexity index is 454. The molecule has 1 aromatic carbocycles. The Balaban J connectivity index is 1.89. The lowest BCUT2D eigenvalue weighted by Crippen LogP contribution is -2.23. The fraction of sp³-hybridized carbons (Fsp3) is 0.562. The maximum Gasteiger partial charge on any atom is 0.224 e. The van der Waals surface area contributed by atoms with E-state index < -0.39 is 0 Å². The molecule has 20 heavy (non-hydrogen) atoms. The molecule has 1 fully saturated rings. The normalized spacial score (nSPS) is 18.0. The van der Waals surface area contributed by atoms with E-state index in [9.17, 15) is 4.79 Å². The minimum atomic E-state index is 0.0588. The number of carbonyl (C=O) groups is 1. The van der Waals surface area contributed by atoms with Crippen LogP contribution in [0.15, 0.2) is 18.2 Å². The Hall–Kier alpha value is -1.55. The summed E-state index contributed by atoms with van der Waals surface area (Å²) in [6.45, 7) is 5.64. The van der Waals surface area contributed by atoms with Gasteiger partial charge in [-0.25, -0.2) is 0 Å². The Morgan fingerprint density at radius 3 is 3.05 bits per heavy atom. The van der Waals surface area contributed by atoms with Crippen molar-refractivity contribution in [3.63, 3.8) is 0 Å². The van der Waals surface area contributed by atoms with Crippen molar-refractivity contribution >= 4 is 11.6 Å². The van der Waals surface area contributed by atoms with Crippen LogP contribution in [0, 0.1) is 6.92 Å². The molecule has 1 atom stereocenters. The van der Waals surface area contributed by atoms with Gasteiger partial charge in [0.25, 0.3) is 0 Å². The summed E-state index contributed by atoms with van der Waals surface area (Å²) < 4.78 is 5.57. The van der Waals surface area contributed by atoms with Gasteiger partial charge in [0.15, 0.2) is 0 Å². The van der Waals surface area contributed by atoms with E-state index in [1.165, 1.54) is 12.8 Å². The zero-order valence-corrected chi connectivity index (χ0v) is 12.4. The van der Waals surface area contributed by atoms with Crippen molar-refractivity contribution in [2.75, 3.05) is 18.5 Å². The predicted molar refractivity (Wildman–Crippen MR) is 81.2 cm³/mol. The average molecular weight is 276 g/mol. The smallest absolute Gasteiger partial charge is 0.224 e. The third-order valence-electron chi connectivity index (χ3n) is 3.59. The van der Waals surface area contributed by atoms with Gasteiger partial charge < -0.3 is 15.4 Å². The Morgan fingerprint density at radius 2 is 2.35 bits per heavy atom. The Labute approximate surface area is 120 Å². The van der Waals surface area contributed by atoms with Crippen LogP contribution in [0.25, 0.3) is 0 Å². The maximum absolute atomic E-state index is 12.0. The first-order chi connectivity index (χ1) is 9.69. The quantitative estimate of drug-likeness (QED) is 0.840. The molecule has 1 aliphatic rings. The Morgan fingerprint density at radius 1 is 1.50 bits per heavy atom. The lowest BCUT2D eigenvalue weighted by atomic mass is 10.1.